The number of ether oxygens (including phenoxy) is 2. The van der Waals surface area contributed by atoms with E-state index in [0.717, 1.165) is 22.5 Å². The van der Waals surface area contributed by atoms with E-state index >= 15 is 0 Å². The van der Waals surface area contributed by atoms with Gasteiger partial charge in [-0.3, -0.25) is 4.79 Å². The molecule has 0 atom stereocenters. The topological polar surface area (TPSA) is 64.9 Å². The van der Waals surface area contributed by atoms with Crippen molar-refractivity contribution < 1.29 is 14.3 Å². The number of carbonyl (C=O) groups excluding carboxylic acids is 1. The van der Waals surface area contributed by atoms with Crippen LogP contribution in [0.2, 0.25) is 0 Å². The lowest BCUT2D eigenvalue weighted by Crippen LogP contribution is -2.20. The highest BCUT2D eigenvalue weighted by atomic mass is 16.5. The zero-order valence-electron chi connectivity index (χ0n) is 16.3. The van der Waals surface area contributed by atoms with E-state index < -0.39 is 0 Å². The fraction of sp³-hybridized carbons (Fsp3) is 0.130. The van der Waals surface area contributed by atoms with Crippen LogP contribution in [0.3, 0.4) is 0 Å². The average molecular weight is 387 g/mol. The van der Waals surface area contributed by atoms with Gasteiger partial charge in [-0.15, -0.1) is 0 Å². The van der Waals surface area contributed by atoms with Gasteiger partial charge >= 0.3 is 0 Å². The second-order valence-corrected chi connectivity index (χ2v) is 6.66. The number of methoxy groups -OCH3 is 1. The summed E-state index contributed by atoms with van der Waals surface area (Å²) >= 11 is 0. The van der Waals surface area contributed by atoms with E-state index in [2.05, 4.69) is 10.3 Å². The summed E-state index contributed by atoms with van der Waals surface area (Å²) in [6.45, 7) is 1.88. The Balaban J connectivity index is 1.52. The maximum atomic E-state index is 12.4. The van der Waals surface area contributed by atoms with Crippen molar-refractivity contribution in [2.45, 2.75) is 6.92 Å². The number of imidazole rings is 1. The zero-order chi connectivity index (χ0) is 20.2. The number of rotatable bonds is 6. The van der Waals surface area contributed by atoms with Gasteiger partial charge in [-0.2, -0.15) is 0 Å². The number of fused-ring (bicyclic) bond motifs is 1. The highest BCUT2D eigenvalue weighted by molar-refractivity contribution is 5.94. The predicted octanol–water partition coefficient (Wildman–Crippen LogP) is 4.34. The standard InChI is InChI=1S/C23H21N3O3/c1-16-6-5-7-18(12-16)29-15-23(27)25-19-13-17(9-10-21(19)28-2)20-14-26-11-4-3-8-22(26)24-20/h3-14H,15H2,1-2H3,(H,25,27). The molecule has 146 valence electrons. The minimum atomic E-state index is -0.267. The number of pyridine rings is 1. The molecule has 1 N–H and O–H groups in total. The van der Waals surface area contributed by atoms with Crippen molar-refractivity contribution in [2.24, 2.45) is 0 Å². The van der Waals surface area contributed by atoms with Crippen LogP contribution in [0.5, 0.6) is 11.5 Å². The monoisotopic (exact) mass is 387 g/mol. The van der Waals surface area contributed by atoms with Crippen LogP contribution in [-0.4, -0.2) is 29.0 Å². The summed E-state index contributed by atoms with van der Waals surface area (Å²) in [5, 5.41) is 2.87. The minimum Gasteiger partial charge on any atom is -0.495 e. The Morgan fingerprint density at radius 3 is 2.79 bits per heavy atom. The average Bonchev–Trinajstić information content (AvgIpc) is 3.17. The number of anilines is 1. The lowest BCUT2D eigenvalue weighted by molar-refractivity contribution is -0.118. The largest absolute Gasteiger partial charge is 0.495 e. The number of nitrogens with zero attached hydrogens (tertiary/aromatic N) is 2. The van der Waals surface area contributed by atoms with Crippen molar-refractivity contribution in [1.82, 2.24) is 9.38 Å². The summed E-state index contributed by atoms with van der Waals surface area (Å²) in [6.07, 6.45) is 3.89. The molecule has 29 heavy (non-hydrogen) atoms. The number of hydrogen-bond donors (Lipinski definition) is 1. The first-order chi connectivity index (χ1) is 14.1. The molecule has 4 rings (SSSR count). The molecule has 0 unspecified atom stereocenters. The third-order valence-electron chi connectivity index (χ3n) is 4.49. The SMILES string of the molecule is COc1ccc(-c2cn3ccccc3n2)cc1NC(=O)COc1cccc(C)c1. The zero-order valence-corrected chi connectivity index (χ0v) is 16.3. The fourth-order valence-corrected chi connectivity index (χ4v) is 3.08. The number of benzene rings is 2. The van der Waals surface area contributed by atoms with Crippen molar-refractivity contribution in [3.8, 4) is 22.8 Å². The van der Waals surface area contributed by atoms with Crippen LogP contribution in [0, 0.1) is 6.92 Å². The first-order valence-corrected chi connectivity index (χ1v) is 9.24. The molecule has 0 radical (unpaired) electrons. The smallest absolute Gasteiger partial charge is 0.262 e. The summed E-state index contributed by atoms with van der Waals surface area (Å²) in [7, 11) is 1.57. The molecule has 0 saturated heterocycles. The number of amides is 1. The fourth-order valence-electron chi connectivity index (χ4n) is 3.08. The van der Waals surface area contributed by atoms with Gasteiger partial charge < -0.3 is 19.2 Å². The van der Waals surface area contributed by atoms with Gasteiger partial charge in [-0.05, 0) is 55.0 Å². The van der Waals surface area contributed by atoms with Gasteiger partial charge in [0, 0.05) is 18.0 Å². The molecule has 6 nitrogen and oxygen atoms in total. The predicted molar refractivity (Wildman–Crippen MR) is 112 cm³/mol. The summed E-state index contributed by atoms with van der Waals surface area (Å²) in [6, 6.07) is 19.0. The summed E-state index contributed by atoms with van der Waals surface area (Å²) in [4.78, 5) is 17.0. The van der Waals surface area contributed by atoms with Crippen LogP contribution >= 0.6 is 0 Å². The molecule has 0 fully saturated rings. The lowest BCUT2D eigenvalue weighted by atomic mass is 10.1. The van der Waals surface area contributed by atoms with E-state index in [1.807, 2.05) is 84.4 Å². The van der Waals surface area contributed by atoms with Crippen molar-refractivity contribution in [3.05, 3.63) is 78.6 Å². The van der Waals surface area contributed by atoms with Crippen molar-refractivity contribution >= 4 is 17.2 Å². The van der Waals surface area contributed by atoms with E-state index in [1.54, 1.807) is 7.11 Å². The molecule has 0 aliphatic heterocycles. The Morgan fingerprint density at radius 1 is 1.10 bits per heavy atom. The van der Waals surface area contributed by atoms with E-state index in [9.17, 15) is 4.79 Å². The van der Waals surface area contributed by atoms with Gasteiger partial charge in [0.15, 0.2) is 6.61 Å². The molecule has 2 aromatic heterocycles. The Kier molecular flexibility index (Phi) is 5.16. The molecule has 0 spiro atoms. The van der Waals surface area contributed by atoms with Gasteiger partial charge in [-0.1, -0.05) is 18.2 Å². The third-order valence-corrected chi connectivity index (χ3v) is 4.49. The van der Waals surface area contributed by atoms with Gasteiger partial charge in [0.05, 0.1) is 18.5 Å². The highest BCUT2D eigenvalue weighted by Gasteiger charge is 2.12. The highest BCUT2D eigenvalue weighted by Crippen LogP contribution is 2.30. The Hall–Kier alpha value is -3.80. The van der Waals surface area contributed by atoms with Crippen LogP contribution in [0.1, 0.15) is 5.56 Å². The van der Waals surface area contributed by atoms with Crippen molar-refractivity contribution in [3.63, 3.8) is 0 Å². The van der Waals surface area contributed by atoms with Gasteiger partial charge in [0.1, 0.15) is 17.1 Å². The van der Waals surface area contributed by atoms with E-state index in [-0.39, 0.29) is 12.5 Å². The van der Waals surface area contributed by atoms with E-state index in [1.165, 1.54) is 0 Å². The number of aromatic nitrogens is 2. The number of nitrogens with one attached hydrogen (secondary N) is 1. The number of aryl methyl sites for hydroxylation is 1. The van der Waals surface area contributed by atoms with Crippen molar-refractivity contribution in [1.29, 1.82) is 0 Å². The molecule has 0 bridgehead atoms. The Labute approximate surface area is 168 Å². The Bertz CT molecular complexity index is 1130. The van der Waals surface area contributed by atoms with Gasteiger partial charge in [0.2, 0.25) is 0 Å². The second kappa shape index (κ2) is 8.06. The number of carbonyl (C=O) groups is 1. The van der Waals surface area contributed by atoms with Crippen molar-refractivity contribution in [2.75, 3.05) is 19.0 Å². The van der Waals surface area contributed by atoms with Gasteiger partial charge in [-0.25, -0.2) is 4.98 Å². The molecule has 2 aromatic carbocycles. The molecule has 0 saturated carbocycles. The summed E-state index contributed by atoms with van der Waals surface area (Å²) in [5.41, 5.74) is 4.19. The molecule has 1 amide bonds. The maximum absolute atomic E-state index is 12.4. The third kappa shape index (κ3) is 4.21. The van der Waals surface area contributed by atoms with Crippen LogP contribution in [0.4, 0.5) is 5.69 Å². The minimum absolute atomic E-state index is 0.0921. The molecule has 6 heteroatoms. The molecular weight excluding hydrogens is 366 g/mol. The van der Waals surface area contributed by atoms with Crippen LogP contribution < -0.4 is 14.8 Å². The van der Waals surface area contributed by atoms with Crippen LogP contribution in [0.25, 0.3) is 16.9 Å². The van der Waals surface area contributed by atoms with E-state index in [4.69, 9.17) is 9.47 Å². The summed E-state index contributed by atoms with van der Waals surface area (Å²) < 4.78 is 12.9. The molecule has 4 aromatic rings. The molecular formula is C23H21N3O3. The van der Waals surface area contributed by atoms with Crippen LogP contribution in [-0.2, 0) is 4.79 Å². The second-order valence-electron chi connectivity index (χ2n) is 6.66. The Morgan fingerprint density at radius 2 is 2.00 bits per heavy atom. The lowest BCUT2D eigenvalue weighted by Gasteiger charge is -2.12. The quantitative estimate of drug-likeness (QED) is 0.535. The van der Waals surface area contributed by atoms with Gasteiger partial charge in [0.25, 0.3) is 5.91 Å². The van der Waals surface area contributed by atoms with E-state index in [0.29, 0.717) is 17.2 Å². The summed E-state index contributed by atoms with van der Waals surface area (Å²) in [5.74, 6) is 0.962. The van der Waals surface area contributed by atoms with Crippen LogP contribution in [0.15, 0.2) is 73.1 Å². The molecule has 0 aliphatic carbocycles. The normalized spacial score (nSPS) is 10.7. The maximum Gasteiger partial charge on any atom is 0.262 e. The first-order valence-electron chi connectivity index (χ1n) is 9.24. The molecule has 0 aliphatic rings. The first kappa shape index (κ1) is 18.6. The number of hydrogen-bond acceptors (Lipinski definition) is 4. The molecule has 2 heterocycles.